The molecule has 0 saturated carbocycles. The molecule has 2 unspecified atom stereocenters. The van der Waals surface area contributed by atoms with Crippen LogP contribution in [-0.4, -0.2) is 39.1 Å². The largest absolute Gasteiger partial charge is 0.333 e. The van der Waals surface area contributed by atoms with Crippen molar-refractivity contribution in [2.45, 2.75) is 83.6 Å². The molecule has 118 valence electrons. The highest BCUT2D eigenvalue weighted by Crippen LogP contribution is 2.30. The minimum Gasteiger partial charge on any atom is -0.333 e. The molecule has 21 heavy (non-hydrogen) atoms. The first-order valence-corrected chi connectivity index (χ1v) is 8.79. The lowest BCUT2D eigenvalue weighted by atomic mass is 9.97. The fourth-order valence-corrected chi connectivity index (χ4v) is 4.13. The van der Waals surface area contributed by atoms with E-state index >= 15 is 0 Å². The Morgan fingerprint density at radius 2 is 2.00 bits per heavy atom. The number of aryl methyl sites for hydroxylation is 1. The molecule has 2 fully saturated rings. The molecule has 0 amide bonds. The van der Waals surface area contributed by atoms with Crippen LogP contribution in [0.25, 0.3) is 0 Å². The topological polar surface area (TPSA) is 33.1 Å². The van der Waals surface area contributed by atoms with Gasteiger partial charge in [0.2, 0.25) is 0 Å². The summed E-state index contributed by atoms with van der Waals surface area (Å²) in [5.41, 5.74) is 1.39. The van der Waals surface area contributed by atoms with E-state index in [-0.39, 0.29) is 0 Å². The van der Waals surface area contributed by atoms with Gasteiger partial charge in [-0.05, 0) is 45.1 Å². The Balaban J connectivity index is 1.67. The highest BCUT2D eigenvalue weighted by molar-refractivity contribution is 5.01. The minimum atomic E-state index is 0.758. The molecule has 3 rings (SSSR count). The van der Waals surface area contributed by atoms with Gasteiger partial charge in [-0.3, -0.25) is 4.90 Å². The van der Waals surface area contributed by atoms with Crippen molar-refractivity contribution in [1.82, 2.24) is 19.8 Å². The smallest absolute Gasteiger partial charge is 0.0948 e. The molecule has 2 atom stereocenters. The summed E-state index contributed by atoms with van der Waals surface area (Å²) in [4.78, 5) is 7.08. The van der Waals surface area contributed by atoms with Crippen molar-refractivity contribution >= 4 is 0 Å². The fourth-order valence-electron chi connectivity index (χ4n) is 4.13. The standard InChI is InChI=1S/C17H30N4/c1-3-7-20(12-17-11-18-13-21(17)8-4-2)16-9-14-5-6-15(10-16)19-14/h11,13-16,19H,3-10,12H2,1-2H3. The quantitative estimate of drug-likeness (QED) is 0.838. The summed E-state index contributed by atoms with van der Waals surface area (Å²) in [6, 6.07) is 2.30. The number of nitrogens with one attached hydrogen (secondary N) is 1. The van der Waals surface area contributed by atoms with Crippen molar-refractivity contribution in [3.63, 3.8) is 0 Å². The molecule has 2 aliphatic heterocycles. The van der Waals surface area contributed by atoms with Crippen LogP contribution in [0.3, 0.4) is 0 Å². The number of hydrogen-bond acceptors (Lipinski definition) is 3. The van der Waals surface area contributed by atoms with Crippen LogP contribution >= 0.6 is 0 Å². The van der Waals surface area contributed by atoms with Gasteiger partial charge in [0.25, 0.3) is 0 Å². The van der Waals surface area contributed by atoms with E-state index in [4.69, 9.17) is 0 Å². The number of piperidine rings is 1. The average molecular weight is 290 g/mol. The molecular weight excluding hydrogens is 260 g/mol. The summed E-state index contributed by atoms with van der Waals surface area (Å²) in [6.07, 6.45) is 11.9. The summed E-state index contributed by atoms with van der Waals surface area (Å²) < 4.78 is 2.33. The fraction of sp³-hybridized carbons (Fsp3) is 0.824. The third-order valence-electron chi connectivity index (χ3n) is 5.10. The van der Waals surface area contributed by atoms with Gasteiger partial charge in [-0.1, -0.05) is 13.8 Å². The van der Waals surface area contributed by atoms with Crippen molar-refractivity contribution in [2.75, 3.05) is 6.54 Å². The zero-order valence-corrected chi connectivity index (χ0v) is 13.6. The normalized spacial score (nSPS) is 28.4. The lowest BCUT2D eigenvalue weighted by Gasteiger charge is -2.37. The van der Waals surface area contributed by atoms with Crippen LogP contribution in [0, 0.1) is 0 Å². The Bertz CT molecular complexity index is 430. The first-order valence-electron chi connectivity index (χ1n) is 8.79. The maximum atomic E-state index is 4.37. The molecule has 4 nitrogen and oxygen atoms in total. The number of hydrogen-bond donors (Lipinski definition) is 1. The van der Waals surface area contributed by atoms with Crippen LogP contribution in [0.15, 0.2) is 12.5 Å². The van der Waals surface area contributed by atoms with Crippen LogP contribution in [0.2, 0.25) is 0 Å². The van der Waals surface area contributed by atoms with Crippen molar-refractivity contribution in [1.29, 1.82) is 0 Å². The maximum absolute atomic E-state index is 4.37. The number of fused-ring (bicyclic) bond motifs is 2. The Kier molecular flexibility index (Phi) is 4.96. The molecule has 3 heterocycles. The van der Waals surface area contributed by atoms with E-state index in [1.54, 1.807) is 0 Å². The molecule has 0 spiro atoms. The zero-order chi connectivity index (χ0) is 14.7. The van der Waals surface area contributed by atoms with Gasteiger partial charge in [0.05, 0.1) is 12.0 Å². The molecule has 0 aromatic carbocycles. The highest BCUT2D eigenvalue weighted by atomic mass is 15.2. The molecular formula is C17H30N4. The number of nitrogens with zero attached hydrogens (tertiary/aromatic N) is 3. The van der Waals surface area contributed by atoms with E-state index in [1.165, 1.54) is 50.8 Å². The average Bonchev–Trinajstić information content (AvgIpc) is 3.05. The van der Waals surface area contributed by atoms with E-state index in [0.717, 1.165) is 31.2 Å². The second-order valence-electron chi connectivity index (χ2n) is 6.81. The summed E-state index contributed by atoms with van der Waals surface area (Å²) in [7, 11) is 0. The molecule has 2 bridgehead atoms. The van der Waals surface area contributed by atoms with Gasteiger partial charge >= 0.3 is 0 Å². The summed E-state index contributed by atoms with van der Waals surface area (Å²) in [6.45, 7) is 7.90. The van der Waals surface area contributed by atoms with Crippen molar-refractivity contribution in [2.24, 2.45) is 0 Å². The van der Waals surface area contributed by atoms with E-state index in [9.17, 15) is 0 Å². The second kappa shape index (κ2) is 6.93. The lowest BCUT2D eigenvalue weighted by molar-refractivity contribution is 0.131. The van der Waals surface area contributed by atoms with Crippen molar-refractivity contribution in [3.8, 4) is 0 Å². The highest BCUT2D eigenvalue weighted by Gasteiger charge is 2.35. The van der Waals surface area contributed by atoms with E-state index < -0.39 is 0 Å². The van der Waals surface area contributed by atoms with Crippen LogP contribution in [0.4, 0.5) is 0 Å². The third kappa shape index (κ3) is 3.49. The molecule has 4 heteroatoms. The van der Waals surface area contributed by atoms with Crippen LogP contribution in [0.5, 0.6) is 0 Å². The Morgan fingerprint density at radius 3 is 2.67 bits per heavy atom. The molecule has 0 radical (unpaired) electrons. The number of imidazole rings is 1. The molecule has 1 aromatic heterocycles. The Labute approximate surface area is 128 Å². The molecule has 2 aliphatic rings. The van der Waals surface area contributed by atoms with E-state index in [2.05, 4.69) is 39.8 Å². The van der Waals surface area contributed by atoms with Gasteiger partial charge in [0.15, 0.2) is 0 Å². The second-order valence-corrected chi connectivity index (χ2v) is 6.81. The van der Waals surface area contributed by atoms with Crippen LogP contribution < -0.4 is 5.32 Å². The van der Waals surface area contributed by atoms with Crippen LogP contribution in [0.1, 0.15) is 58.1 Å². The van der Waals surface area contributed by atoms with Crippen LogP contribution in [-0.2, 0) is 13.1 Å². The first kappa shape index (κ1) is 15.0. The number of rotatable bonds is 7. The van der Waals surface area contributed by atoms with E-state index in [1.807, 2.05) is 6.33 Å². The maximum Gasteiger partial charge on any atom is 0.0948 e. The first-order chi connectivity index (χ1) is 10.3. The van der Waals surface area contributed by atoms with Gasteiger partial charge in [-0.25, -0.2) is 4.98 Å². The third-order valence-corrected chi connectivity index (χ3v) is 5.10. The SMILES string of the molecule is CCCN(Cc1cncn1CCC)C1CC2CCC(C1)N2. The predicted molar refractivity (Wildman–Crippen MR) is 86.2 cm³/mol. The van der Waals surface area contributed by atoms with Gasteiger partial charge in [0.1, 0.15) is 0 Å². The molecule has 2 saturated heterocycles. The molecule has 0 aliphatic carbocycles. The number of aromatic nitrogens is 2. The van der Waals surface area contributed by atoms with Crippen molar-refractivity contribution in [3.05, 3.63) is 18.2 Å². The summed E-state index contributed by atoms with van der Waals surface area (Å²) in [5.74, 6) is 0. The summed E-state index contributed by atoms with van der Waals surface area (Å²) in [5, 5.41) is 3.76. The van der Waals surface area contributed by atoms with Gasteiger partial charge in [0, 0.05) is 37.4 Å². The van der Waals surface area contributed by atoms with Gasteiger partial charge < -0.3 is 9.88 Å². The predicted octanol–water partition coefficient (Wildman–Crippen LogP) is 2.79. The van der Waals surface area contributed by atoms with E-state index in [0.29, 0.717) is 0 Å². The van der Waals surface area contributed by atoms with Gasteiger partial charge in [-0.15, -0.1) is 0 Å². The Hall–Kier alpha value is -0.870. The summed E-state index contributed by atoms with van der Waals surface area (Å²) >= 11 is 0. The molecule has 1 aromatic rings. The van der Waals surface area contributed by atoms with Crippen molar-refractivity contribution < 1.29 is 0 Å². The monoisotopic (exact) mass is 290 g/mol. The zero-order valence-electron chi connectivity index (χ0n) is 13.6. The minimum absolute atomic E-state index is 0.758. The molecule has 1 N–H and O–H groups in total. The van der Waals surface area contributed by atoms with Gasteiger partial charge in [-0.2, -0.15) is 0 Å². The Morgan fingerprint density at radius 1 is 1.24 bits per heavy atom. The lowest BCUT2D eigenvalue weighted by Crippen LogP contribution is -2.48.